The molecule has 0 saturated heterocycles. The fourth-order valence-corrected chi connectivity index (χ4v) is 4.47. The second-order valence-corrected chi connectivity index (χ2v) is 7.91. The molecule has 1 aliphatic rings. The highest BCUT2D eigenvalue weighted by Crippen LogP contribution is 2.44. The topological polar surface area (TPSA) is 65.4 Å². The van der Waals surface area contributed by atoms with Crippen LogP contribution < -0.4 is 24.0 Å². The van der Waals surface area contributed by atoms with Crippen molar-refractivity contribution < 1.29 is 18.9 Å². The number of hydrazone groups is 1. The Kier molecular flexibility index (Phi) is 5.99. The third-order valence-electron chi connectivity index (χ3n) is 5.19. The molecule has 0 aliphatic carbocycles. The standard InChI is InChI=1S/C23H25N3O4S/c1-14-13-31-23(24-14)26-19(12-18(25-26)15-7-6-8-17(9-15)27-2)16-10-20(28-3)22(30-5)21(11-16)29-4/h6-11,13,19H,12H2,1-5H3/t19-/m1/s1. The van der Waals surface area contributed by atoms with E-state index in [1.165, 1.54) is 0 Å². The van der Waals surface area contributed by atoms with Gasteiger partial charge in [0.05, 0.1) is 45.9 Å². The number of hydrogen-bond donors (Lipinski definition) is 0. The van der Waals surface area contributed by atoms with Crippen LogP contribution in [0.3, 0.4) is 0 Å². The van der Waals surface area contributed by atoms with Crippen LogP contribution in [0.5, 0.6) is 23.0 Å². The molecule has 3 aromatic rings. The fourth-order valence-electron chi connectivity index (χ4n) is 3.66. The van der Waals surface area contributed by atoms with Gasteiger partial charge in [0.25, 0.3) is 0 Å². The molecule has 1 aliphatic heterocycles. The van der Waals surface area contributed by atoms with Crippen LogP contribution in [0.15, 0.2) is 46.9 Å². The van der Waals surface area contributed by atoms with Crippen molar-refractivity contribution in [3.63, 3.8) is 0 Å². The molecule has 162 valence electrons. The van der Waals surface area contributed by atoms with Gasteiger partial charge in [-0.3, -0.25) is 0 Å². The molecule has 0 unspecified atom stereocenters. The number of benzene rings is 2. The van der Waals surface area contributed by atoms with Crippen LogP contribution in [0.25, 0.3) is 0 Å². The minimum Gasteiger partial charge on any atom is -0.497 e. The molecule has 2 aromatic carbocycles. The predicted octanol–water partition coefficient (Wildman–Crippen LogP) is 4.84. The summed E-state index contributed by atoms with van der Waals surface area (Å²) < 4.78 is 22.0. The summed E-state index contributed by atoms with van der Waals surface area (Å²) in [5.74, 6) is 2.59. The highest BCUT2D eigenvalue weighted by Gasteiger charge is 2.33. The molecule has 2 heterocycles. The van der Waals surface area contributed by atoms with Gasteiger partial charge in [0.15, 0.2) is 11.5 Å². The van der Waals surface area contributed by atoms with Crippen molar-refractivity contribution >= 4 is 22.2 Å². The molecular weight excluding hydrogens is 414 g/mol. The first-order valence-electron chi connectivity index (χ1n) is 9.81. The van der Waals surface area contributed by atoms with Crippen LogP contribution in [0.2, 0.25) is 0 Å². The van der Waals surface area contributed by atoms with Crippen molar-refractivity contribution in [2.24, 2.45) is 5.10 Å². The summed E-state index contributed by atoms with van der Waals surface area (Å²) >= 11 is 1.57. The van der Waals surface area contributed by atoms with Gasteiger partial charge in [-0.2, -0.15) is 5.10 Å². The quantitative estimate of drug-likeness (QED) is 0.525. The largest absolute Gasteiger partial charge is 0.497 e. The van der Waals surface area contributed by atoms with E-state index in [4.69, 9.17) is 24.0 Å². The highest BCUT2D eigenvalue weighted by atomic mass is 32.1. The summed E-state index contributed by atoms with van der Waals surface area (Å²) in [7, 11) is 6.51. The number of hydrogen-bond acceptors (Lipinski definition) is 8. The maximum Gasteiger partial charge on any atom is 0.206 e. The lowest BCUT2D eigenvalue weighted by Gasteiger charge is -2.23. The fraction of sp³-hybridized carbons (Fsp3) is 0.304. The van der Waals surface area contributed by atoms with E-state index in [1.54, 1.807) is 39.8 Å². The molecule has 0 saturated carbocycles. The lowest BCUT2D eigenvalue weighted by molar-refractivity contribution is 0.323. The van der Waals surface area contributed by atoms with Gasteiger partial charge in [0.2, 0.25) is 10.9 Å². The third-order valence-corrected chi connectivity index (χ3v) is 6.14. The average Bonchev–Trinajstić information content (AvgIpc) is 3.44. The Hall–Kier alpha value is -3.26. The van der Waals surface area contributed by atoms with E-state index in [9.17, 15) is 0 Å². The lowest BCUT2D eigenvalue weighted by Crippen LogP contribution is -2.18. The van der Waals surface area contributed by atoms with Crippen molar-refractivity contribution in [1.29, 1.82) is 0 Å². The predicted molar refractivity (Wildman–Crippen MR) is 122 cm³/mol. The van der Waals surface area contributed by atoms with Crippen LogP contribution in [-0.4, -0.2) is 39.1 Å². The molecule has 1 aromatic heterocycles. The summed E-state index contributed by atoms with van der Waals surface area (Å²) in [4.78, 5) is 4.67. The molecule has 0 amide bonds. The van der Waals surface area contributed by atoms with Crippen molar-refractivity contribution in [2.75, 3.05) is 33.4 Å². The Morgan fingerprint density at radius 1 is 0.968 bits per heavy atom. The van der Waals surface area contributed by atoms with E-state index in [1.807, 2.05) is 53.7 Å². The first kappa shape index (κ1) is 21.0. The van der Waals surface area contributed by atoms with Gasteiger partial charge in [-0.1, -0.05) is 12.1 Å². The number of rotatable bonds is 7. The van der Waals surface area contributed by atoms with Crippen molar-refractivity contribution in [3.05, 3.63) is 58.6 Å². The highest BCUT2D eigenvalue weighted by molar-refractivity contribution is 7.13. The number of thiazole rings is 1. The summed E-state index contributed by atoms with van der Waals surface area (Å²) in [6, 6.07) is 11.8. The molecule has 0 bridgehead atoms. The van der Waals surface area contributed by atoms with E-state index in [-0.39, 0.29) is 6.04 Å². The minimum absolute atomic E-state index is 0.0690. The molecule has 0 spiro atoms. The van der Waals surface area contributed by atoms with E-state index in [2.05, 4.69) is 4.98 Å². The van der Waals surface area contributed by atoms with Gasteiger partial charge in [0, 0.05) is 17.4 Å². The molecule has 1 atom stereocenters. The Bertz CT molecular complexity index is 1090. The van der Waals surface area contributed by atoms with Gasteiger partial charge < -0.3 is 18.9 Å². The number of aromatic nitrogens is 1. The van der Waals surface area contributed by atoms with Gasteiger partial charge in [-0.15, -0.1) is 11.3 Å². The number of anilines is 1. The van der Waals surface area contributed by atoms with Gasteiger partial charge in [-0.05, 0) is 36.8 Å². The van der Waals surface area contributed by atoms with Crippen molar-refractivity contribution in [2.45, 2.75) is 19.4 Å². The number of methoxy groups -OCH3 is 4. The maximum atomic E-state index is 5.58. The van der Waals surface area contributed by atoms with Gasteiger partial charge >= 0.3 is 0 Å². The smallest absolute Gasteiger partial charge is 0.206 e. The first-order chi connectivity index (χ1) is 15.1. The molecule has 7 nitrogen and oxygen atoms in total. The Morgan fingerprint density at radius 3 is 2.29 bits per heavy atom. The van der Waals surface area contributed by atoms with E-state index < -0.39 is 0 Å². The Morgan fingerprint density at radius 2 is 1.71 bits per heavy atom. The number of aryl methyl sites for hydroxylation is 1. The zero-order valence-electron chi connectivity index (χ0n) is 18.2. The molecule has 8 heteroatoms. The second kappa shape index (κ2) is 8.85. The van der Waals surface area contributed by atoms with Crippen molar-refractivity contribution in [1.82, 2.24) is 4.98 Å². The summed E-state index contributed by atoms with van der Waals surface area (Å²) in [6.45, 7) is 1.98. The van der Waals surface area contributed by atoms with Gasteiger partial charge in [0.1, 0.15) is 5.75 Å². The van der Waals surface area contributed by atoms with Crippen LogP contribution in [0.1, 0.15) is 29.3 Å². The molecule has 31 heavy (non-hydrogen) atoms. The molecule has 4 rings (SSSR count). The zero-order valence-corrected chi connectivity index (χ0v) is 19.0. The lowest BCUT2D eigenvalue weighted by atomic mass is 9.97. The van der Waals surface area contributed by atoms with Crippen LogP contribution >= 0.6 is 11.3 Å². The Balaban J connectivity index is 1.79. The van der Waals surface area contributed by atoms with Crippen LogP contribution in [0.4, 0.5) is 5.13 Å². The Labute approximate surface area is 185 Å². The second-order valence-electron chi connectivity index (χ2n) is 7.07. The number of ether oxygens (including phenoxy) is 4. The first-order valence-corrected chi connectivity index (χ1v) is 10.7. The van der Waals surface area contributed by atoms with Crippen LogP contribution in [-0.2, 0) is 0 Å². The van der Waals surface area contributed by atoms with E-state index in [0.717, 1.165) is 33.4 Å². The molecular formula is C23H25N3O4S. The maximum absolute atomic E-state index is 5.58. The summed E-state index contributed by atoms with van der Waals surface area (Å²) in [5.41, 5.74) is 3.95. The zero-order chi connectivity index (χ0) is 22.0. The third kappa shape index (κ3) is 4.03. The normalized spacial score (nSPS) is 15.6. The van der Waals surface area contributed by atoms with Crippen LogP contribution in [0, 0.1) is 6.92 Å². The monoisotopic (exact) mass is 439 g/mol. The van der Waals surface area contributed by atoms with Gasteiger partial charge in [-0.25, -0.2) is 9.99 Å². The average molecular weight is 440 g/mol. The van der Waals surface area contributed by atoms with E-state index in [0.29, 0.717) is 23.7 Å². The molecule has 0 N–H and O–H groups in total. The van der Waals surface area contributed by atoms with Crippen molar-refractivity contribution in [3.8, 4) is 23.0 Å². The summed E-state index contributed by atoms with van der Waals surface area (Å²) in [5, 5.41) is 9.81. The minimum atomic E-state index is -0.0690. The number of nitrogens with zero attached hydrogens (tertiary/aromatic N) is 3. The van der Waals surface area contributed by atoms with E-state index >= 15 is 0 Å². The molecule has 0 radical (unpaired) electrons. The molecule has 0 fully saturated rings. The SMILES string of the molecule is COc1cccc(C2=NN(c3nc(C)cs3)[C@@H](c3cc(OC)c(OC)c(OC)c3)C2)c1. The summed E-state index contributed by atoms with van der Waals surface area (Å²) in [6.07, 6.45) is 0.699.